The Morgan fingerprint density at radius 1 is 1.04 bits per heavy atom. The zero-order valence-electron chi connectivity index (χ0n) is 15.8. The first-order chi connectivity index (χ1) is 11.8. The topological polar surface area (TPSA) is 15.7 Å². The zero-order chi connectivity index (χ0) is 16.9. The third-order valence-corrected chi connectivity index (χ3v) is 5.73. The van der Waals surface area contributed by atoms with Crippen molar-refractivity contribution in [2.45, 2.75) is 65.5 Å². The van der Waals surface area contributed by atoms with Gasteiger partial charge in [0.05, 0.1) is 6.61 Å². The summed E-state index contributed by atoms with van der Waals surface area (Å²) in [6.07, 6.45) is 6.44. The van der Waals surface area contributed by atoms with Gasteiger partial charge in [-0.25, -0.2) is 0 Å². The smallest absolute Gasteiger partial charge is 0.124 e. The maximum atomic E-state index is 6.06. The first-order valence-electron chi connectivity index (χ1n) is 10.0. The Morgan fingerprint density at radius 3 is 2.50 bits per heavy atom. The van der Waals surface area contributed by atoms with Crippen molar-refractivity contribution < 1.29 is 4.74 Å². The number of benzene rings is 1. The molecule has 1 aromatic rings. The fraction of sp³-hybridized carbons (Fsp3) is 0.714. The summed E-state index contributed by atoms with van der Waals surface area (Å²) in [5.41, 5.74) is 4.47. The van der Waals surface area contributed by atoms with Crippen molar-refractivity contribution in [2.75, 3.05) is 32.8 Å². The lowest BCUT2D eigenvalue weighted by molar-refractivity contribution is 0.188. The van der Waals surface area contributed by atoms with Crippen LogP contribution in [0.25, 0.3) is 0 Å². The van der Waals surface area contributed by atoms with E-state index >= 15 is 0 Å². The summed E-state index contributed by atoms with van der Waals surface area (Å²) >= 11 is 0. The summed E-state index contributed by atoms with van der Waals surface area (Å²) in [7, 11) is 0. The lowest BCUT2D eigenvalue weighted by atomic mass is 9.89. The van der Waals surface area contributed by atoms with Gasteiger partial charge in [-0.3, -0.25) is 9.80 Å². The van der Waals surface area contributed by atoms with Crippen molar-refractivity contribution in [3.63, 3.8) is 0 Å². The summed E-state index contributed by atoms with van der Waals surface area (Å²) in [6, 6.07) is 5.39. The van der Waals surface area contributed by atoms with Crippen molar-refractivity contribution in [1.29, 1.82) is 0 Å². The molecule has 0 spiro atoms. The second kappa shape index (κ2) is 8.35. The molecule has 0 N–H and O–H groups in total. The van der Waals surface area contributed by atoms with Crippen LogP contribution in [0, 0.1) is 0 Å². The summed E-state index contributed by atoms with van der Waals surface area (Å²) in [6.45, 7) is 13.3. The van der Waals surface area contributed by atoms with Crippen LogP contribution < -0.4 is 4.74 Å². The number of fused-ring (bicyclic) bond motifs is 1. The van der Waals surface area contributed by atoms with E-state index in [1.165, 1.54) is 62.9 Å². The Morgan fingerprint density at radius 2 is 1.83 bits per heavy atom. The zero-order valence-corrected chi connectivity index (χ0v) is 15.8. The first-order valence-corrected chi connectivity index (χ1v) is 10.0. The van der Waals surface area contributed by atoms with Gasteiger partial charge in [0.2, 0.25) is 0 Å². The Kier molecular flexibility index (Phi) is 6.18. The number of hydrogen-bond acceptors (Lipinski definition) is 3. The number of rotatable bonds is 6. The minimum absolute atomic E-state index is 0.557. The van der Waals surface area contributed by atoms with Crippen LogP contribution in [0.4, 0.5) is 0 Å². The molecule has 3 heteroatoms. The first kappa shape index (κ1) is 17.8. The van der Waals surface area contributed by atoms with E-state index in [0.717, 1.165) is 25.4 Å². The van der Waals surface area contributed by atoms with Crippen LogP contribution in [0.15, 0.2) is 12.1 Å². The Balaban J connectivity index is 1.89. The SMILES string of the molecule is CCOc1cc2c(cc1CN1CCCCC1)CCN(CC)C2CC. The van der Waals surface area contributed by atoms with Gasteiger partial charge >= 0.3 is 0 Å². The Bertz CT molecular complexity index is 537. The van der Waals surface area contributed by atoms with E-state index < -0.39 is 0 Å². The summed E-state index contributed by atoms with van der Waals surface area (Å²) in [5, 5.41) is 0. The predicted octanol–water partition coefficient (Wildman–Crippen LogP) is 4.40. The second-order valence-electron chi connectivity index (χ2n) is 7.23. The van der Waals surface area contributed by atoms with Crippen LogP contribution in [-0.4, -0.2) is 42.6 Å². The molecule has 1 saturated heterocycles. The van der Waals surface area contributed by atoms with E-state index in [-0.39, 0.29) is 0 Å². The molecule has 0 aromatic heterocycles. The molecular formula is C21H34N2O. The Labute approximate surface area is 148 Å². The average molecular weight is 331 g/mol. The highest BCUT2D eigenvalue weighted by molar-refractivity contribution is 5.45. The highest BCUT2D eigenvalue weighted by atomic mass is 16.5. The molecule has 3 rings (SSSR count). The number of ether oxygens (including phenoxy) is 1. The number of likely N-dealkylation sites (tertiary alicyclic amines) is 1. The molecule has 3 nitrogen and oxygen atoms in total. The van der Waals surface area contributed by atoms with E-state index in [2.05, 4.69) is 42.7 Å². The van der Waals surface area contributed by atoms with Gasteiger partial charge in [0, 0.05) is 24.7 Å². The molecule has 0 aliphatic carbocycles. The molecule has 1 aromatic carbocycles. The van der Waals surface area contributed by atoms with Crippen LogP contribution in [0.5, 0.6) is 5.75 Å². The van der Waals surface area contributed by atoms with Gasteiger partial charge < -0.3 is 4.74 Å². The standard InChI is InChI=1S/C21H34N2O/c1-4-20-19-15-21(24-6-3)18(16-22-11-8-7-9-12-22)14-17(19)10-13-23(20)5-2/h14-15,20H,4-13,16H2,1-3H3. The average Bonchev–Trinajstić information content (AvgIpc) is 2.62. The van der Waals surface area contributed by atoms with E-state index in [1.807, 2.05) is 0 Å². The van der Waals surface area contributed by atoms with E-state index in [4.69, 9.17) is 4.74 Å². The Hall–Kier alpha value is -1.06. The van der Waals surface area contributed by atoms with Gasteiger partial charge in [-0.2, -0.15) is 0 Å². The van der Waals surface area contributed by atoms with E-state index in [1.54, 1.807) is 5.56 Å². The monoisotopic (exact) mass is 330 g/mol. The van der Waals surface area contributed by atoms with E-state index in [0.29, 0.717) is 6.04 Å². The van der Waals surface area contributed by atoms with Crippen molar-refractivity contribution in [2.24, 2.45) is 0 Å². The van der Waals surface area contributed by atoms with Gasteiger partial charge in [0.25, 0.3) is 0 Å². The fourth-order valence-electron chi connectivity index (χ4n) is 4.46. The quantitative estimate of drug-likeness (QED) is 0.769. The molecule has 0 bridgehead atoms. The van der Waals surface area contributed by atoms with Gasteiger partial charge in [0.1, 0.15) is 5.75 Å². The van der Waals surface area contributed by atoms with Crippen molar-refractivity contribution >= 4 is 0 Å². The molecule has 1 fully saturated rings. The maximum Gasteiger partial charge on any atom is 0.124 e. The highest BCUT2D eigenvalue weighted by Gasteiger charge is 2.27. The molecule has 1 unspecified atom stereocenters. The third-order valence-electron chi connectivity index (χ3n) is 5.73. The van der Waals surface area contributed by atoms with Gasteiger partial charge in [-0.1, -0.05) is 26.3 Å². The van der Waals surface area contributed by atoms with Crippen molar-refractivity contribution in [3.8, 4) is 5.75 Å². The summed E-state index contributed by atoms with van der Waals surface area (Å²) in [4.78, 5) is 5.22. The normalized spacial score (nSPS) is 22.4. The molecule has 1 atom stereocenters. The minimum Gasteiger partial charge on any atom is -0.494 e. The second-order valence-corrected chi connectivity index (χ2v) is 7.23. The maximum absolute atomic E-state index is 6.06. The number of piperidine rings is 1. The molecule has 24 heavy (non-hydrogen) atoms. The lowest BCUT2D eigenvalue weighted by Crippen LogP contribution is -2.35. The molecule has 0 radical (unpaired) electrons. The third kappa shape index (κ3) is 3.78. The van der Waals surface area contributed by atoms with Crippen molar-refractivity contribution in [1.82, 2.24) is 9.80 Å². The molecule has 2 aliphatic rings. The molecule has 0 amide bonds. The predicted molar refractivity (Wildman–Crippen MR) is 101 cm³/mol. The van der Waals surface area contributed by atoms with E-state index in [9.17, 15) is 0 Å². The molecule has 2 heterocycles. The molecular weight excluding hydrogens is 296 g/mol. The fourth-order valence-corrected chi connectivity index (χ4v) is 4.46. The summed E-state index contributed by atoms with van der Waals surface area (Å²) < 4.78 is 6.06. The molecule has 134 valence electrons. The summed E-state index contributed by atoms with van der Waals surface area (Å²) in [5.74, 6) is 1.12. The number of hydrogen-bond donors (Lipinski definition) is 0. The van der Waals surface area contributed by atoms with Crippen LogP contribution in [-0.2, 0) is 13.0 Å². The van der Waals surface area contributed by atoms with Crippen LogP contribution in [0.1, 0.15) is 69.2 Å². The van der Waals surface area contributed by atoms with Gasteiger partial charge in [-0.05, 0) is 69.4 Å². The lowest BCUT2D eigenvalue weighted by Gasteiger charge is -2.37. The minimum atomic E-state index is 0.557. The number of nitrogens with zero attached hydrogens (tertiary/aromatic N) is 2. The largest absolute Gasteiger partial charge is 0.494 e. The van der Waals surface area contributed by atoms with Gasteiger partial charge in [0.15, 0.2) is 0 Å². The number of likely N-dealkylation sites (N-methyl/N-ethyl adjacent to an activating group) is 1. The molecule has 2 aliphatic heterocycles. The van der Waals surface area contributed by atoms with Crippen molar-refractivity contribution in [3.05, 3.63) is 28.8 Å². The van der Waals surface area contributed by atoms with Crippen LogP contribution in [0.2, 0.25) is 0 Å². The highest BCUT2D eigenvalue weighted by Crippen LogP contribution is 2.37. The van der Waals surface area contributed by atoms with Crippen LogP contribution >= 0.6 is 0 Å². The van der Waals surface area contributed by atoms with Crippen LogP contribution in [0.3, 0.4) is 0 Å². The van der Waals surface area contributed by atoms with Gasteiger partial charge in [-0.15, -0.1) is 0 Å². The molecule has 0 saturated carbocycles.